The molecule has 0 radical (unpaired) electrons. The predicted molar refractivity (Wildman–Crippen MR) is 104 cm³/mol. The lowest BCUT2D eigenvalue weighted by Gasteiger charge is -2.28. The standard InChI is InChI=1S/C19H31N3O2S/c1-5-19(10-6-7-11-19)14-22-18(20-3)21-13-16-8-9-17(15(2)12-16)25(4,23)24/h8-9,12H,5-7,10-11,13-14H2,1-4H3,(H2,20,21,22). The van der Waals surface area contributed by atoms with Crippen LogP contribution in [0.1, 0.15) is 50.2 Å². The van der Waals surface area contributed by atoms with Gasteiger partial charge in [-0.05, 0) is 48.8 Å². The average Bonchev–Trinajstić information content (AvgIpc) is 3.03. The van der Waals surface area contributed by atoms with Crippen LogP contribution in [0.2, 0.25) is 0 Å². The molecule has 2 N–H and O–H groups in total. The molecule has 0 aliphatic heterocycles. The summed E-state index contributed by atoms with van der Waals surface area (Å²) in [7, 11) is -1.39. The molecule has 0 saturated heterocycles. The molecule has 1 aromatic carbocycles. The molecule has 0 unspecified atom stereocenters. The number of hydrogen-bond acceptors (Lipinski definition) is 3. The molecule has 1 fully saturated rings. The van der Waals surface area contributed by atoms with Crippen molar-refractivity contribution < 1.29 is 8.42 Å². The van der Waals surface area contributed by atoms with E-state index < -0.39 is 9.84 Å². The van der Waals surface area contributed by atoms with Crippen molar-refractivity contribution in [3.05, 3.63) is 29.3 Å². The lowest BCUT2D eigenvalue weighted by molar-refractivity contribution is 0.283. The minimum Gasteiger partial charge on any atom is -0.356 e. The Morgan fingerprint density at radius 2 is 1.92 bits per heavy atom. The molecule has 0 spiro atoms. The van der Waals surface area contributed by atoms with Crippen molar-refractivity contribution >= 4 is 15.8 Å². The summed E-state index contributed by atoms with van der Waals surface area (Å²) >= 11 is 0. The SMILES string of the molecule is CCC1(CNC(=NC)NCc2ccc(S(C)(=O)=O)c(C)c2)CCCC1. The van der Waals surface area contributed by atoms with Gasteiger partial charge >= 0.3 is 0 Å². The van der Waals surface area contributed by atoms with Crippen LogP contribution in [0.15, 0.2) is 28.1 Å². The van der Waals surface area contributed by atoms with Gasteiger partial charge in [0.25, 0.3) is 0 Å². The summed E-state index contributed by atoms with van der Waals surface area (Å²) in [5, 5.41) is 6.79. The van der Waals surface area contributed by atoms with Gasteiger partial charge in [0.1, 0.15) is 0 Å². The third-order valence-corrected chi connectivity index (χ3v) is 6.62. The third-order valence-electron chi connectivity index (χ3n) is 5.37. The van der Waals surface area contributed by atoms with Crippen LogP contribution in [0.4, 0.5) is 0 Å². The Hall–Kier alpha value is -1.56. The fraction of sp³-hybridized carbons (Fsp3) is 0.632. The van der Waals surface area contributed by atoms with Gasteiger partial charge in [0.2, 0.25) is 0 Å². The molecular formula is C19H31N3O2S. The molecule has 2 rings (SSSR count). The molecule has 1 aliphatic rings. The highest BCUT2D eigenvalue weighted by molar-refractivity contribution is 7.90. The van der Waals surface area contributed by atoms with Gasteiger partial charge in [-0.25, -0.2) is 8.42 Å². The Morgan fingerprint density at radius 3 is 2.44 bits per heavy atom. The summed E-state index contributed by atoms with van der Waals surface area (Å²) in [5.74, 6) is 0.796. The lowest BCUT2D eigenvalue weighted by atomic mass is 9.83. The Bertz CT molecular complexity index is 720. The quantitative estimate of drug-likeness (QED) is 0.600. The topological polar surface area (TPSA) is 70.6 Å². The second kappa shape index (κ2) is 8.21. The first-order chi connectivity index (χ1) is 11.8. The lowest BCUT2D eigenvalue weighted by Crippen LogP contribution is -2.42. The zero-order chi connectivity index (χ0) is 18.5. The summed E-state index contributed by atoms with van der Waals surface area (Å²) < 4.78 is 23.4. The number of sulfone groups is 1. The normalized spacial score (nSPS) is 17.5. The number of aryl methyl sites for hydroxylation is 1. The molecule has 1 saturated carbocycles. The highest BCUT2D eigenvalue weighted by Gasteiger charge is 2.31. The van der Waals surface area contributed by atoms with E-state index in [1.165, 1.54) is 38.4 Å². The van der Waals surface area contributed by atoms with Crippen molar-refractivity contribution in [2.45, 2.75) is 57.4 Å². The number of aliphatic imine (C=N–C) groups is 1. The van der Waals surface area contributed by atoms with Crippen molar-refractivity contribution in [3.63, 3.8) is 0 Å². The van der Waals surface area contributed by atoms with Gasteiger partial charge in [0.15, 0.2) is 15.8 Å². The van der Waals surface area contributed by atoms with E-state index in [2.05, 4.69) is 22.5 Å². The van der Waals surface area contributed by atoms with Crippen LogP contribution in [0.25, 0.3) is 0 Å². The molecule has 0 atom stereocenters. The molecule has 6 heteroatoms. The van der Waals surface area contributed by atoms with E-state index in [9.17, 15) is 8.42 Å². The van der Waals surface area contributed by atoms with Crippen LogP contribution >= 0.6 is 0 Å². The molecule has 1 aromatic rings. The predicted octanol–water partition coefficient (Wildman–Crippen LogP) is 3.03. The second-order valence-electron chi connectivity index (χ2n) is 7.21. The molecular weight excluding hydrogens is 334 g/mol. The van der Waals surface area contributed by atoms with E-state index in [-0.39, 0.29) is 0 Å². The van der Waals surface area contributed by atoms with Gasteiger partial charge in [-0.1, -0.05) is 31.9 Å². The first-order valence-corrected chi connectivity index (χ1v) is 10.9. The van der Waals surface area contributed by atoms with E-state index in [4.69, 9.17) is 0 Å². The smallest absolute Gasteiger partial charge is 0.191 e. The van der Waals surface area contributed by atoms with Gasteiger partial charge < -0.3 is 10.6 Å². The summed E-state index contributed by atoms with van der Waals surface area (Å²) in [4.78, 5) is 4.70. The molecule has 1 aliphatic carbocycles. The van der Waals surface area contributed by atoms with Crippen molar-refractivity contribution in [3.8, 4) is 0 Å². The molecule has 25 heavy (non-hydrogen) atoms. The van der Waals surface area contributed by atoms with Crippen LogP contribution in [-0.2, 0) is 16.4 Å². The highest BCUT2D eigenvalue weighted by atomic mass is 32.2. The number of benzene rings is 1. The summed E-state index contributed by atoms with van der Waals surface area (Å²) in [6, 6.07) is 5.46. The minimum atomic E-state index is -3.17. The van der Waals surface area contributed by atoms with Gasteiger partial charge in [0, 0.05) is 26.4 Å². The number of nitrogens with zero attached hydrogens (tertiary/aromatic N) is 1. The zero-order valence-electron chi connectivity index (χ0n) is 15.9. The van der Waals surface area contributed by atoms with Crippen molar-refractivity contribution in [1.82, 2.24) is 10.6 Å². The number of guanidine groups is 1. The van der Waals surface area contributed by atoms with Gasteiger partial charge in [-0.3, -0.25) is 4.99 Å². The largest absolute Gasteiger partial charge is 0.356 e. The van der Waals surface area contributed by atoms with E-state index >= 15 is 0 Å². The maximum Gasteiger partial charge on any atom is 0.191 e. The fourth-order valence-corrected chi connectivity index (χ4v) is 4.65. The zero-order valence-corrected chi connectivity index (χ0v) is 16.7. The molecule has 0 heterocycles. The van der Waals surface area contributed by atoms with Crippen LogP contribution in [0, 0.1) is 12.3 Å². The first kappa shape index (κ1) is 19.8. The maximum atomic E-state index is 11.7. The van der Waals surface area contributed by atoms with E-state index in [1.807, 2.05) is 19.1 Å². The van der Waals surface area contributed by atoms with Crippen LogP contribution < -0.4 is 10.6 Å². The number of nitrogens with one attached hydrogen (secondary N) is 2. The average molecular weight is 366 g/mol. The van der Waals surface area contributed by atoms with Crippen LogP contribution in [0.3, 0.4) is 0 Å². The minimum absolute atomic E-state index is 0.393. The number of rotatable bonds is 6. The second-order valence-corrected chi connectivity index (χ2v) is 9.20. The molecule has 0 amide bonds. The van der Waals surface area contributed by atoms with E-state index in [0.29, 0.717) is 16.9 Å². The molecule has 0 aromatic heterocycles. The van der Waals surface area contributed by atoms with Gasteiger partial charge in [-0.15, -0.1) is 0 Å². The summed E-state index contributed by atoms with van der Waals surface area (Å²) in [6.07, 6.45) is 7.68. The highest BCUT2D eigenvalue weighted by Crippen LogP contribution is 2.40. The van der Waals surface area contributed by atoms with Gasteiger partial charge in [-0.2, -0.15) is 0 Å². The van der Waals surface area contributed by atoms with Crippen molar-refractivity contribution in [1.29, 1.82) is 0 Å². The van der Waals surface area contributed by atoms with E-state index in [1.54, 1.807) is 13.1 Å². The van der Waals surface area contributed by atoms with Crippen molar-refractivity contribution in [2.75, 3.05) is 19.8 Å². The first-order valence-electron chi connectivity index (χ1n) is 9.04. The van der Waals surface area contributed by atoms with Crippen LogP contribution in [-0.4, -0.2) is 34.2 Å². The van der Waals surface area contributed by atoms with Crippen molar-refractivity contribution in [2.24, 2.45) is 10.4 Å². The Balaban J connectivity index is 1.94. The fourth-order valence-electron chi connectivity index (χ4n) is 3.70. The van der Waals surface area contributed by atoms with Gasteiger partial charge in [0.05, 0.1) is 4.90 Å². The molecule has 0 bridgehead atoms. The van der Waals surface area contributed by atoms with E-state index in [0.717, 1.165) is 23.6 Å². The maximum absolute atomic E-state index is 11.7. The summed E-state index contributed by atoms with van der Waals surface area (Å²) in [5.41, 5.74) is 2.23. The monoisotopic (exact) mass is 365 g/mol. The summed E-state index contributed by atoms with van der Waals surface area (Å²) in [6.45, 7) is 5.67. The Labute approximate surface area is 152 Å². The Kier molecular flexibility index (Phi) is 6.49. The molecule has 140 valence electrons. The molecule has 5 nitrogen and oxygen atoms in total. The Morgan fingerprint density at radius 1 is 1.24 bits per heavy atom. The number of hydrogen-bond donors (Lipinski definition) is 2. The third kappa shape index (κ3) is 5.21. The van der Waals surface area contributed by atoms with Crippen LogP contribution in [0.5, 0.6) is 0 Å².